The maximum absolute atomic E-state index is 13.3. The van der Waals surface area contributed by atoms with E-state index in [9.17, 15) is 13.2 Å². The van der Waals surface area contributed by atoms with Gasteiger partial charge in [-0.05, 0) is 42.7 Å². The van der Waals surface area contributed by atoms with Crippen molar-refractivity contribution in [3.05, 3.63) is 35.4 Å². The van der Waals surface area contributed by atoms with Gasteiger partial charge in [-0.25, -0.2) is 8.42 Å². The van der Waals surface area contributed by atoms with Crippen LogP contribution in [0.25, 0.3) is 0 Å². The third-order valence-corrected chi connectivity index (χ3v) is 8.38. The Balaban J connectivity index is 1.69. The molecule has 3 rings (SSSR count). The Bertz CT molecular complexity index is 798. The highest BCUT2D eigenvalue weighted by atomic mass is 32.2. The van der Waals surface area contributed by atoms with Gasteiger partial charge in [-0.3, -0.25) is 4.79 Å². The summed E-state index contributed by atoms with van der Waals surface area (Å²) in [6.45, 7) is 6.77. The van der Waals surface area contributed by atoms with Crippen LogP contribution in [-0.2, 0) is 21.1 Å². The van der Waals surface area contributed by atoms with E-state index >= 15 is 0 Å². The molecule has 30 heavy (non-hydrogen) atoms. The number of amides is 1. The Kier molecular flexibility index (Phi) is 7.97. The molecule has 1 saturated heterocycles. The summed E-state index contributed by atoms with van der Waals surface area (Å²) in [5.41, 5.74) is 2.54. The number of hydrogen-bond donors (Lipinski definition) is 1. The van der Waals surface area contributed by atoms with Crippen molar-refractivity contribution in [1.82, 2.24) is 10.2 Å². The van der Waals surface area contributed by atoms with Crippen LogP contribution in [0.2, 0.25) is 0 Å². The largest absolute Gasteiger partial charge is 0.335 e. The molecule has 0 bridgehead atoms. The summed E-state index contributed by atoms with van der Waals surface area (Å²) in [7, 11) is -3.01. The number of sulfone groups is 1. The van der Waals surface area contributed by atoms with Gasteiger partial charge in [0.2, 0.25) is 5.91 Å². The molecule has 0 aromatic heterocycles. The van der Waals surface area contributed by atoms with E-state index in [0.717, 1.165) is 38.5 Å². The van der Waals surface area contributed by atoms with Gasteiger partial charge < -0.3 is 10.2 Å². The molecule has 1 aliphatic heterocycles. The molecule has 5 nitrogen and oxygen atoms in total. The minimum atomic E-state index is -3.01. The highest BCUT2D eigenvalue weighted by Gasteiger charge is 2.39. The van der Waals surface area contributed by atoms with E-state index in [4.69, 9.17) is 0 Å². The third-order valence-electron chi connectivity index (χ3n) is 6.63. The van der Waals surface area contributed by atoms with E-state index in [1.807, 2.05) is 4.90 Å². The zero-order valence-corrected chi connectivity index (χ0v) is 19.6. The maximum Gasteiger partial charge on any atom is 0.237 e. The van der Waals surface area contributed by atoms with Crippen LogP contribution < -0.4 is 5.32 Å². The van der Waals surface area contributed by atoms with Crippen molar-refractivity contribution in [3.8, 4) is 0 Å². The van der Waals surface area contributed by atoms with E-state index in [0.29, 0.717) is 12.3 Å². The van der Waals surface area contributed by atoms with Gasteiger partial charge in [0.15, 0.2) is 9.84 Å². The zero-order valence-electron chi connectivity index (χ0n) is 18.8. The molecule has 1 aromatic rings. The average Bonchev–Trinajstić information content (AvgIpc) is 3.33. The molecule has 0 radical (unpaired) electrons. The van der Waals surface area contributed by atoms with Crippen LogP contribution in [0.5, 0.6) is 0 Å². The Morgan fingerprint density at radius 1 is 1.10 bits per heavy atom. The van der Waals surface area contributed by atoms with Crippen molar-refractivity contribution in [2.24, 2.45) is 5.92 Å². The highest BCUT2D eigenvalue weighted by molar-refractivity contribution is 7.91. The number of nitrogens with zero attached hydrogens (tertiary/aromatic N) is 1. The van der Waals surface area contributed by atoms with Gasteiger partial charge in [-0.15, -0.1) is 0 Å². The fraction of sp³-hybridized carbons (Fsp3) is 0.708. The fourth-order valence-electron chi connectivity index (χ4n) is 5.09. The lowest BCUT2D eigenvalue weighted by Crippen LogP contribution is -2.50. The van der Waals surface area contributed by atoms with Crippen LogP contribution in [0, 0.1) is 5.92 Å². The van der Waals surface area contributed by atoms with Crippen molar-refractivity contribution in [1.29, 1.82) is 0 Å². The summed E-state index contributed by atoms with van der Waals surface area (Å²) in [5.74, 6) is 0.737. The molecule has 1 heterocycles. The number of carbonyl (C=O) groups is 1. The van der Waals surface area contributed by atoms with Crippen molar-refractivity contribution >= 4 is 15.7 Å². The second-order valence-corrected chi connectivity index (χ2v) is 11.6. The normalized spacial score (nSPS) is 22.5. The van der Waals surface area contributed by atoms with Gasteiger partial charge in [0.25, 0.3) is 0 Å². The molecule has 2 fully saturated rings. The zero-order chi connectivity index (χ0) is 21.7. The van der Waals surface area contributed by atoms with E-state index in [-0.39, 0.29) is 42.1 Å². The molecule has 168 valence electrons. The monoisotopic (exact) mass is 434 g/mol. The van der Waals surface area contributed by atoms with Gasteiger partial charge >= 0.3 is 0 Å². The van der Waals surface area contributed by atoms with Gasteiger partial charge in [0.05, 0.1) is 18.1 Å². The Morgan fingerprint density at radius 3 is 2.30 bits per heavy atom. The number of nitrogens with one attached hydrogen (secondary N) is 1. The minimum absolute atomic E-state index is 0.0530. The van der Waals surface area contributed by atoms with Crippen LogP contribution in [0.3, 0.4) is 0 Å². The molecule has 2 atom stereocenters. The summed E-state index contributed by atoms with van der Waals surface area (Å²) in [6, 6.07) is 8.86. The van der Waals surface area contributed by atoms with Crippen LogP contribution in [0.4, 0.5) is 0 Å². The molecule has 0 spiro atoms. The van der Waals surface area contributed by atoms with Crippen LogP contribution in [-0.4, -0.2) is 49.4 Å². The van der Waals surface area contributed by atoms with Gasteiger partial charge in [0.1, 0.15) is 0 Å². The summed E-state index contributed by atoms with van der Waals surface area (Å²) < 4.78 is 24.1. The van der Waals surface area contributed by atoms with Crippen molar-refractivity contribution in [2.75, 3.05) is 18.1 Å². The summed E-state index contributed by atoms with van der Waals surface area (Å²) >= 11 is 0. The molecule has 1 N–H and O–H groups in total. The smallest absolute Gasteiger partial charge is 0.237 e. The van der Waals surface area contributed by atoms with Crippen molar-refractivity contribution in [2.45, 2.75) is 83.8 Å². The van der Waals surface area contributed by atoms with E-state index in [1.165, 1.54) is 11.1 Å². The number of hydrogen-bond acceptors (Lipinski definition) is 4. The SMILES string of the molecule is CCCc1ccc(C(NCC(=O)N(C2CCCC2)C2CCS(=O)(=O)C2)C(C)C)cc1. The molecule has 2 unspecified atom stereocenters. The summed E-state index contributed by atoms with van der Waals surface area (Å²) in [4.78, 5) is 15.2. The predicted octanol–water partition coefficient (Wildman–Crippen LogP) is 3.88. The van der Waals surface area contributed by atoms with Crippen LogP contribution >= 0.6 is 0 Å². The third kappa shape index (κ3) is 5.85. The Labute approximate surface area is 182 Å². The quantitative estimate of drug-likeness (QED) is 0.640. The first-order valence-corrected chi connectivity index (χ1v) is 13.5. The first-order chi connectivity index (χ1) is 14.3. The van der Waals surface area contributed by atoms with Crippen molar-refractivity contribution in [3.63, 3.8) is 0 Å². The van der Waals surface area contributed by atoms with E-state index in [2.05, 4.69) is 50.4 Å². The van der Waals surface area contributed by atoms with Crippen LogP contribution in [0.1, 0.15) is 76.5 Å². The topological polar surface area (TPSA) is 66.5 Å². The first kappa shape index (κ1) is 23.3. The Hall–Kier alpha value is -1.40. The predicted molar refractivity (Wildman–Crippen MR) is 122 cm³/mol. The highest BCUT2D eigenvalue weighted by Crippen LogP contribution is 2.29. The number of aryl methyl sites for hydroxylation is 1. The van der Waals surface area contributed by atoms with Crippen molar-refractivity contribution < 1.29 is 13.2 Å². The molecular formula is C24H38N2O3S. The van der Waals surface area contributed by atoms with Crippen LogP contribution in [0.15, 0.2) is 24.3 Å². The lowest BCUT2D eigenvalue weighted by atomic mass is 9.94. The second-order valence-electron chi connectivity index (χ2n) is 9.39. The maximum atomic E-state index is 13.3. The average molecular weight is 435 g/mol. The van der Waals surface area contributed by atoms with Gasteiger partial charge in [-0.2, -0.15) is 0 Å². The molecule has 1 aromatic carbocycles. The van der Waals surface area contributed by atoms with Gasteiger partial charge in [-0.1, -0.05) is 64.3 Å². The Morgan fingerprint density at radius 2 is 1.77 bits per heavy atom. The molecular weight excluding hydrogens is 396 g/mol. The number of rotatable bonds is 9. The lowest BCUT2D eigenvalue weighted by Gasteiger charge is -2.35. The summed E-state index contributed by atoms with van der Waals surface area (Å²) in [6.07, 6.45) is 7.04. The molecule has 6 heteroatoms. The van der Waals surface area contributed by atoms with Gasteiger partial charge in [0, 0.05) is 18.1 Å². The van der Waals surface area contributed by atoms with E-state index in [1.54, 1.807) is 0 Å². The van der Waals surface area contributed by atoms with E-state index < -0.39 is 9.84 Å². The molecule has 1 aliphatic carbocycles. The molecule has 1 amide bonds. The lowest BCUT2D eigenvalue weighted by molar-refractivity contribution is -0.134. The molecule has 2 aliphatic rings. The molecule has 1 saturated carbocycles. The fourth-order valence-corrected chi connectivity index (χ4v) is 6.80. The minimum Gasteiger partial charge on any atom is -0.335 e. The second kappa shape index (κ2) is 10.3. The number of carbonyl (C=O) groups excluding carboxylic acids is 1. The summed E-state index contributed by atoms with van der Waals surface area (Å²) in [5, 5.41) is 3.49. The standard InChI is InChI=1S/C24H38N2O3S/c1-4-7-19-10-12-20(13-11-19)24(18(2)3)25-16-23(27)26(21-8-5-6-9-21)22-14-15-30(28,29)17-22/h10-13,18,21-22,24-25H,4-9,14-17H2,1-3H3. The number of benzene rings is 1. The first-order valence-electron chi connectivity index (χ1n) is 11.6.